The Labute approximate surface area is 83.1 Å². The van der Waals surface area contributed by atoms with Gasteiger partial charge in [0.15, 0.2) is 0 Å². The predicted molar refractivity (Wildman–Crippen MR) is 50.9 cm³/mol. The SMILES string of the molecule is O=C=NC[C]1CCC[CH]C1CN=C=O. The topological polar surface area (TPSA) is 58.9 Å². The van der Waals surface area contributed by atoms with Crippen molar-refractivity contribution in [1.29, 1.82) is 0 Å². The number of rotatable bonds is 4. The molecule has 0 saturated heterocycles. The van der Waals surface area contributed by atoms with E-state index in [1.165, 1.54) is 18.1 Å². The molecule has 0 aromatic rings. The number of hydrogen-bond donors (Lipinski definition) is 0. The van der Waals surface area contributed by atoms with Gasteiger partial charge in [-0.15, -0.1) is 0 Å². The van der Waals surface area contributed by atoms with Gasteiger partial charge >= 0.3 is 0 Å². The van der Waals surface area contributed by atoms with Crippen LogP contribution >= 0.6 is 0 Å². The quantitative estimate of drug-likeness (QED) is 0.497. The molecule has 0 aromatic heterocycles. The number of hydrogen-bond acceptors (Lipinski definition) is 4. The highest BCUT2D eigenvalue weighted by atomic mass is 16.1. The number of nitrogens with zero attached hydrogens (tertiary/aromatic N) is 2. The van der Waals surface area contributed by atoms with Crippen LogP contribution in [0.2, 0.25) is 0 Å². The zero-order valence-corrected chi connectivity index (χ0v) is 7.90. The lowest BCUT2D eigenvalue weighted by molar-refractivity contribution is 0.478. The van der Waals surface area contributed by atoms with Gasteiger partial charge in [-0.2, -0.15) is 0 Å². The largest absolute Gasteiger partial charge is 0.234 e. The highest BCUT2D eigenvalue weighted by Crippen LogP contribution is 2.31. The normalized spacial score (nSPS) is 22.1. The molecule has 0 bridgehead atoms. The summed E-state index contributed by atoms with van der Waals surface area (Å²) in [5.74, 6) is 1.35. The molecule has 14 heavy (non-hydrogen) atoms. The zero-order chi connectivity index (χ0) is 10.2. The van der Waals surface area contributed by atoms with Crippen LogP contribution in [0.3, 0.4) is 0 Å². The fourth-order valence-electron chi connectivity index (χ4n) is 1.67. The third-order valence-corrected chi connectivity index (χ3v) is 2.38. The van der Waals surface area contributed by atoms with E-state index in [0.717, 1.165) is 19.3 Å². The zero-order valence-electron chi connectivity index (χ0n) is 7.90. The molecule has 0 spiro atoms. The Bertz CT molecular complexity index is 237. The van der Waals surface area contributed by atoms with Crippen LogP contribution in [0, 0.1) is 18.3 Å². The van der Waals surface area contributed by atoms with Crippen molar-refractivity contribution in [3.05, 3.63) is 12.3 Å². The van der Waals surface area contributed by atoms with Gasteiger partial charge in [0.25, 0.3) is 0 Å². The van der Waals surface area contributed by atoms with Crippen molar-refractivity contribution in [2.45, 2.75) is 19.3 Å². The molecule has 0 heterocycles. The molecule has 4 heteroatoms. The molecule has 0 aliphatic heterocycles. The highest BCUT2D eigenvalue weighted by Gasteiger charge is 2.25. The Morgan fingerprint density at radius 3 is 2.86 bits per heavy atom. The van der Waals surface area contributed by atoms with E-state index in [4.69, 9.17) is 0 Å². The van der Waals surface area contributed by atoms with Crippen molar-refractivity contribution < 1.29 is 9.59 Å². The highest BCUT2D eigenvalue weighted by molar-refractivity contribution is 5.34. The fourth-order valence-corrected chi connectivity index (χ4v) is 1.67. The van der Waals surface area contributed by atoms with E-state index in [0.29, 0.717) is 13.1 Å². The van der Waals surface area contributed by atoms with Crippen LogP contribution in [-0.4, -0.2) is 25.2 Å². The minimum absolute atomic E-state index is 0.183. The summed E-state index contributed by atoms with van der Waals surface area (Å²) in [5.41, 5.74) is 0. The van der Waals surface area contributed by atoms with E-state index in [-0.39, 0.29) is 5.92 Å². The maximum Gasteiger partial charge on any atom is 0.234 e. The molecule has 1 atom stereocenters. The van der Waals surface area contributed by atoms with E-state index in [2.05, 4.69) is 16.4 Å². The van der Waals surface area contributed by atoms with Crippen LogP contribution < -0.4 is 0 Å². The average molecular weight is 192 g/mol. The first-order chi connectivity index (χ1) is 6.88. The lowest BCUT2D eigenvalue weighted by Crippen LogP contribution is -2.23. The lowest BCUT2D eigenvalue weighted by Gasteiger charge is -2.27. The lowest BCUT2D eigenvalue weighted by atomic mass is 9.79. The van der Waals surface area contributed by atoms with Crippen LogP contribution in [0.15, 0.2) is 9.98 Å². The number of isocyanates is 2. The van der Waals surface area contributed by atoms with Gasteiger partial charge < -0.3 is 0 Å². The van der Waals surface area contributed by atoms with E-state index >= 15 is 0 Å². The van der Waals surface area contributed by atoms with Crippen LogP contribution in [0.1, 0.15) is 19.3 Å². The van der Waals surface area contributed by atoms with Gasteiger partial charge in [0.1, 0.15) is 0 Å². The molecule has 1 saturated carbocycles. The smallest absolute Gasteiger partial charge is 0.211 e. The first-order valence-corrected chi connectivity index (χ1v) is 4.63. The second kappa shape index (κ2) is 6.25. The van der Waals surface area contributed by atoms with Crippen LogP contribution in [-0.2, 0) is 9.59 Å². The van der Waals surface area contributed by atoms with E-state index in [1.807, 2.05) is 0 Å². The van der Waals surface area contributed by atoms with Crippen LogP contribution in [0.4, 0.5) is 0 Å². The van der Waals surface area contributed by atoms with Gasteiger partial charge in [-0.05, 0) is 25.2 Å². The van der Waals surface area contributed by atoms with Gasteiger partial charge in [0, 0.05) is 5.92 Å². The standard InChI is InChI=1S/C10H12N2O2/c13-7-11-5-9-3-1-2-4-10(9)6-12-8-14/h3,9H,1-2,4-6H2. The Morgan fingerprint density at radius 2 is 2.14 bits per heavy atom. The minimum Gasteiger partial charge on any atom is -0.211 e. The second-order valence-electron chi connectivity index (χ2n) is 3.23. The van der Waals surface area contributed by atoms with Gasteiger partial charge in [-0.25, -0.2) is 19.6 Å². The first kappa shape index (κ1) is 10.8. The van der Waals surface area contributed by atoms with Crippen LogP contribution in [0.25, 0.3) is 0 Å². The molecular formula is C10H12N2O2. The molecule has 74 valence electrons. The van der Waals surface area contributed by atoms with E-state index in [9.17, 15) is 9.59 Å². The van der Waals surface area contributed by atoms with Crippen molar-refractivity contribution in [1.82, 2.24) is 0 Å². The maximum absolute atomic E-state index is 9.97. The Morgan fingerprint density at radius 1 is 1.36 bits per heavy atom. The Hall–Kier alpha value is -1.24. The summed E-state index contributed by atoms with van der Waals surface area (Å²) in [4.78, 5) is 27.0. The molecule has 2 radical (unpaired) electrons. The van der Waals surface area contributed by atoms with Crippen LogP contribution in [0.5, 0.6) is 0 Å². The van der Waals surface area contributed by atoms with Crippen molar-refractivity contribution in [3.63, 3.8) is 0 Å². The molecule has 1 rings (SSSR count). The Balaban J connectivity index is 2.48. The maximum atomic E-state index is 9.97. The molecule has 0 N–H and O–H groups in total. The molecule has 0 aromatic carbocycles. The molecule has 0 amide bonds. The molecule has 1 aliphatic carbocycles. The predicted octanol–water partition coefficient (Wildman–Crippen LogP) is 1.24. The number of carbonyl (C=O) groups excluding carboxylic acids is 2. The second-order valence-corrected chi connectivity index (χ2v) is 3.23. The first-order valence-electron chi connectivity index (χ1n) is 4.63. The van der Waals surface area contributed by atoms with Crippen molar-refractivity contribution in [2.75, 3.05) is 13.1 Å². The van der Waals surface area contributed by atoms with Crippen molar-refractivity contribution in [2.24, 2.45) is 15.9 Å². The average Bonchev–Trinajstić information content (AvgIpc) is 2.24. The summed E-state index contributed by atoms with van der Waals surface area (Å²) in [5, 5.41) is 0. The summed E-state index contributed by atoms with van der Waals surface area (Å²) in [6.07, 6.45) is 8.26. The van der Waals surface area contributed by atoms with E-state index < -0.39 is 0 Å². The monoisotopic (exact) mass is 192 g/mol. The van der Waals surface area contributed by atoms with Gasteiger partial charge in [0.05, 0.1) is 13.1 Å². The van der Waals surface area contributed by atoms with Crippen molar-refractivity contribution >= 4 is 12.2 Å². The van der Waals surface area contributed by atoms with Gasteiger partial charge in [-0.3, -0.25) is 0 Å². The Kier molecular flexibility index (Phi) is 4.84. The summed E-state index contributed by atoms with van der Waals surface area (Å²) < 4.78 is 0. The summed E-state index contributed by atoms with van der Waals surface area (Å²) in [7, 11) is 0. The molecule has 4 nitrogen and oxygen atoms in total. The third-order valence-electron chi connectivity index (χ3n) is 2.38. The number of aliphatic imine (C=N–C) groups is 2. The van der Waals surface area contributed by atoms with Gasteiger partial charge in [-0.1, -0.05) is 6.42 Å². The summed E-state index contributed by atoms with van der Waals surface area (Å²) >= 11 is 0. The molecule has 1 fully saturated rings. The van der Waals surface area contributed by atoms with Gasteiger partial charge in [0.2, 0.25) is 12.2 Å². The summed E-state index contributed by atoms with van der Waals surface area (Å²) in [6, 6.07) is 0. The molecular weight excluding hydrogens is 180 g/mol. The third kappa shape index (κ3) is 3.25. The van der Waals surface area contributed by atoms with Crippen molar-refractivity contribution in [3.8, 4) is 0 Å². The minimum atomic E-state index is 0.183. The molecule has 1 unspecified atom stereocenters. The van der Waals surface area contributed by atoms with E-state index in [1.54, 1.807) is 0 Å². The summed E-state index contributed by atoms with van der Waals surface area (Å²) in [6.45, 7) is 0.853. The fraction of sp³-hybridized carbons (Fsp3) is 0.600. The molecule has 1 aliphatic rings.